The summed E-state index contributed by atoms with van der Waals surface area (Å²) in [6.45, 7) is 13.0. The second-order valence-corrected chi connectivity index (χ2v) is 9.07. The van der Waals surface area contributed by atoms with Crippen LogP contribution in [0.3, 0.4) is 0 Å². The van der Waals surface area contributed by atoms with Gasteiger partial charge in [0, 0.05) is 16.8 Å². The number of rotatable bonds is 2. The number of anilines is 1. The normalized spacial score (nSPS) is 14.8. The summed E-state index contributed by atoms with van der Waals surface area (Å²) in [6.07, 6.45) is 0. The molecule has 0 saturated carbocycles. The van der Waals surface area contributed by atoms with E-state index >= 15 is 0 Å². The number of nitrogens with two attached hydrogens (primary N) is 1. The Morgan fingerprint density at radius 1 is 0.704 bits per heavy atom. The highest BCUT2D eigenvalue weighted by Crippen LogP contribution is 2.38. The van der Waals surface area contributed by atoms with E-state index < -0.39 is 6.04 Å². The molecule has 0 aliphatic carbocycles. The molecule has 0 aliphatic rings. The molecule has 3 aromatic rings. The fourth-order valence-electron chi connectivity index (χ4n) is 3.07. The fraction of sp³-hybridized carbons (Fsp3) is 0.308. The minimum atomic E-state index is -0.411. The van der Waals surface area contributed by atoms with E-state index in [1.165, 1.54) is 11.1 Å². The Labute approximate surface area is 171 Å². The summed E-state index contributed by atoms with van der Waals surface area (Å²) in [6, 6.07) is 10.3. The Balaban J connectivity index is 2.33. The molecule has 3 rings (SSSR count). The van der Waals surface area contributed by atoms with Gasteiger partial charge in [0.15, 0.2) is 0 Å². The molecule has 0 aliphatic heterocycles. The van der Waals surface area contributed by atoms with Gasteiger partial charge >= 0.3 is 0 Å². The minimum Gasteiger partial charge on any atom is -0.398 e. The highest BCUT2D eigenvalue weighted by Gasteiger charge is 2.21. The Hall–Kier alpha value is -2.54. The highest BCUT2D eigenvalue weighted by molar-refractivity contribution is 5.89. The number of para-hydroxylation sites is 1. The first-order chi connectivity index (χ1) is 14.6. The first-order valence-corrected chi connectivity index (χ1v) is 9.26. The topological polar surface area (TPSA) is 26.0 Å². The summed E-state index contributed by atoms with van der Waals surface area (Å²) < 4.78 is 40.6. The molecule has 2 N–H and O–H groups in total. The van der Waals surface area contributed by atoms with Crippen molar-refractivity contribution in [3.63, 3.8) is 0 Å². The van der Waals surface area contributed by atoms with Gasteiger partial charge in [-0.05, 0) is 33.1 Å². The smallest absolute Gasteiger partial charge is 0.0629 e. The molecule has 0 atom stereocenters. The van der Waals surface area contributed by atoms with Crippen molar-refractivity contribution in [2.24, 2.45) is 0 Å². The van der Waals surface area contributed by atoms with E-state index in [1.54, 1.807) is 6.07 Å². The number of hydrogen-bond acceptors (Lipinski definition) is 1. The quantitative estimate of drug-likeness (QED) is 0.479. The predicted octanol–water partition coefficient (Wildman–Crippen LogP) is 7.20. The zero-order valence-corrected chi connectivity index (χ0v) is 17.0. The van der Waals surface area contributed by atoms with Gasteiger partial charge in [0.05, 0.1) is 6.85 Å². The first-order valence-electron chi connectivity index (χ1n) is 11.8. The Bertz CT molecular complexity index is 1140. The van der Waals surface area contributed by atoms with Crippen LogP contribution >= 0.6 is 0 Å². The van der Waals surface area contributed by atoms with Gasteiger partial charge in [-0.15, -0.1) is 0 Å². The van der Waals surface area contributed by atoms with E-state index in [-0.39, 0.29) is 40.6 Å². The largest absolute Gasteiger partial charge is 0.398 e. The van der Waals surface area contributed by atoms with E-state index in [0.717, 1.165) is 11.1 Å². The van der Waals surface area contributed by atoms with Crippen molar-refractivity contribution in [3.8, 4) is 22.3 Å². The van der Waals surface area contributed by atoms with Crippen molar-refractivity contribution >= 4 is 5.69 Å². The van der Waals surface area contributed by atoms with Crippen molar-refractivity contribution in [2.45, 2.75) is 52.4 Å². The molecule has 27 heavy (non-hydrogen) atoms. The lowest BCUT2D eigenvalue weighted by molar-refractivity contribution is 0.569. The molecule has 0 amide bonds. The van der Waals surface area contributed by atoms with E-state index in [2.05, 4.69) is 59.7 Å². The van der Waals surface area contributed by atoms with Gasteiger partial charge in [0.2, 0.25) is 0 Å². The molecule has 3 aromatic carbocycles. The van der Waals surface area contributed by atoms with Gasteiger partial charge in [-0.1, -0.05) is 108 Å². The van der Waals surface area contributed by atoms with Gasteiger partial charge < -0.3 is 5.73 Å². The lowest BCUT2D eigenvalue weighted by Gasteiger charge is -2.26. The molecule has 140 valence electrons. The second-order valence-electron chi connectivity index (χ2n) is 9.07. The average molecular weight is 363 g/mol. The van der Waals surface area contributed by atoms with Gasteiger partial charge in [-0.2, -0.15) is 0 Å². The number of benzene rings is 3. The fourth-order valence-corrected chi connectivity index (χ4v) is 3.07. The van der Waals surface area contributed by atoms with E-state index in [1.807, 2.05) is 12.1 Å². The third-order valence-electron chi connectivity index (χ3n) is 4.85. The summed E-state index contributed by atoms with van der Waals surface area (Å²) in [5, 5.41) is 0. The van der Waals surface area contributed by atoms with Crippen LogP contribution in [0.5, 0.6) is 0 Å². The van der Waals surface area contributed by atoms with E-state index in [9.17, 15) is 0 Å². The molecule has 0 aromatic heterocycles. The van der Waals surface area contributed by atoms with Crippen LogP contribution < -0.4 is 5.73 Å². The molecule has 0 bridgehead atoms. The zero-order chi connectivity index (χ0) is 24.2. The maximum atomic E-state index is 8.35. The van der Waals surface area contributed by atoms with Crippen LogP contribution in [0.1, 0.15) is 59.5 Å². The van der Waals surface area contributed by atoms with Gasteiger partial charge in [0.25, 0.3) is 0 Å². The molecule has 0 radical (unpaired) electrons. The van der Waals surface area contributed by atoms with E-state index in [4.69, 9.17) is 12.6 Å². The third kappa shape index (κ3) is 4.08. The molecule has 1 heteroatoms. The zero-order valence-electron chi connectivity index (χ0n) is 22.0. The Kier molecular flexibility index (Phi) is 3.47. The molecule has 0 heterocycles. The molecule has 0 spiro atoms. The van der Waals surface area contributed by atoms with Gasteiger partial charge in [0.1, 0.15) is 0 Å². The summed E-state index contributed by atoms with van der Waals surface area (Å²) in [7, 11) is 0. The van der Waals surface area contributed by atoms with Crippen LogP contribution in [-0.2, 0) is 10.8 Å². The molecular formula is C26H31N. The average Bonchev–Trinajstić information content (AvgIpc) is 2.70. The van der Waals surface area contributed by atoms with Crippen LogP contribution in [-0.4, -0.2) is 0 Å². The van der Waals surface area contributed by atoms with Crippen molar-refractivity contribution in [3.05, 3.63) is 77.7 Å². The highest BCUT2D eigenvalue weighted by atomic mass is 14.6. The Morgan fingerprint density at radius 2 is 1.19 bits per heavy atom. The maximum Gasteiger partial charge on any atom is 0.0629 e. The van der Waals surface area contributed by atoms with Crippen LogP contribution in [0.25, 0.3) is 22.3 Å². The second kappa shape index (κ2) is 6.88. The molecule has 1 nitrogen and oxygen atoms in total. The van der Waals surface area contributed by atoms with Crippen LogP contribution in [0.4, 0.5) is 5.69 Å². The van der Waals surface area contributed by atoms with Crippen molar-refractivity contribution in [2.75, 3.05) is 5.73 Å². The standard InChI is InChI=1S/C26H31N/c1-25(2,3)20-15-19(16-21(17-20)26(4,5)6)23-14-10-13-22(24(23)27)18-11-8-7-9-12-18/h7-17H,27H2,1-6H3/i7D,8D,9D,11D,12D. The minimum absolute atomic E-state index is 0.0602. The van der Waals surface area contributed by atoms with Gasteiger partial charge in [-0.25, -0.2) is 0 Å². The summed E-state index contributed by atoms with van der Waals surface area (Å²) in [5.41, 5.74) is 11.6. The van der Waals surface area contributed by atoms with Crippen molar-refractivity contribution in [1.82, 2.24) is 0 Å². The summed E-state index contributed by atoms with van der Waals surface area (Å²) >= 11 is 0. The third-order valence-corrected chi connectivity index (χ3v) is 4.85. The SMILES string of the molecule is [2H]c1c([2H])c([2H])c(-c2cccc(-c3cc(C(C)(C)C)cc(C(C)(C)C)c3)c2N)c([2H])c1[2H]. The van der Waals surface area contributed by atoms with Crippen LogP contribution in [0, 0.1) is 0 Å². The lowest BCUT2D eigenvalue weighted by atomic mass is 9.78. The number of nitrogen functional groups attached to an aromatic ring is 1. The van der Waals surface area contributed by atoms with E-state index in [0.29, 0.717) is 11.3 Å². The summed E-state index contributed by atoms with van der Waals surface area (Å²) in [5.74, 6) is 0. The van der Waals surface area contributed by atoms with Crippen molar-refractivity contribution in [1.29, 1.82) is 0 Å². The van der Waals surface area contributed by atoms with Crippen LogP contribution in [0.2, 0.25) is 0 Å². The van der Waals surface area contributed by atoms with Crippen LogP contribution in [0.15, 0.2) is 66.6 Å². The monoisotopic (exact) mass is 362 g/mol. The van der Waals surface area contributed by atoms with Gasteiger partial charge in [-0.3, -0.25) is 0 Å². The lowest BCUT2D eigenvalue weighted by Crippen LogP contribution is -2.16. The van der Waals surface area contributed by atoms with Crippen molar-refractivity contribution < 1.29 is 6.85 Å². The molecular weight excluding hydrogens is 326 g/mol. The summed E-state index contributed by atoms with van der Waals surface area (Å²) in [4.78, 5) is 0. The molecule has 0 saturated heterocycles. The maximum absolute atomic E-state index is 8.35. The first kappa shape index (κ1) is 13.6. The molecule has 0 fully saturated rings. The Morgan fingerprint density at radius 3 is 1.67 bits per heavy atom. The predicted molar refractivity (Wildman–Crippen MR) is 119 cm³/mol. The number of hydrogen-bond donors (Lipinski definition) is 1. The molecule has 0 unspecified atom stereocenters.